The Morgan fingerprint density at radius 3 is 2.69 bits per heavy atom. The van der Waals surface area contributed by atoms with Crippen LogP contribution in [0.4, 0.5) is 0 Å². The van der Waals surface area contributed by atoms with Gasteiger partial charge in [0.25, 0.3) is 0 Å². The van der Waals surface area contributed by atoms with Crippen molar-refractivity contribution in [3.8, 4) is 23.0 Å². The summed E-state index contributed by atoms with van der Waals surface area (Å²) in [5.74, 6) is 2.05. The van der Waals surface area contributed by atoms with Gasteiger partial charge in [-0.25, -0.2) is 4.98 Å². The van der Waals surface area contributed by atoms with E-state index in [1.807, 2.05) is 18.2 Å². The highest BCUT2D eigenvalue weighted by molar-refractivity contribution is 7.16. The second-order valence-electron chi connectivity index (χ2n) is 5.49. The summed E-state index contributed by atoms with van der Waals surface area (Å²) in [4.78, 5) is 9.08. The average Bonchev–Trinajstić information content (AvgIpc) is 3.27. The van der Waals surface area contributed by atoms with Crippen molar-refractivity contribution in [1.82, 2.24) is 29.8 Å². The fraction of sp³-hybridized carbons (Fsp3) is 0.235. The summed E-state index contributed by atoms with van der Waals surface area (Å²) in [6, 6.07) is 5.94. The number of benzene rings is 1. The van der Waals surface area contributed by atoms with Crippen LogP contribution in [-0.4, -0.2) is 44.0 Å². The lowest BCUT2D eigenvalue weighted by Gasteiger charge is -2.09. The van der Waals surface area contributed by atoms with Crippen molar-refractivity contribution in [2.24, 2.45) is 0 Å². The van der Waals surface area contributed by atoms with Crippen LogP contribution in [-0.2, 0) is 12.8 Å². The quantitative estimate of drug-likeness (QED) is 0.516. The van der Waals surface area contributed by atoms with Gasteiger partial charge in [0.15, 0.2) is 11.5 Å². The molecule has 0 amide bonds. The molecule has 4 rings (SSSR count). The largest absolute Gasteiger partial charge is 0.493 e. The third-order valence-electron chi connectivity index (χ3n) is 3.90. The molecule has 0 aliphatic rings. The Morgan fingerprint density at radius 2 is 1.92 bits per heavy atom. The van der Waals surface area contributed by atoms with Crippen molar-refractivity contribution in [3.63, 3.8) is 0 Å². The molecular weight excluding hydrogens is 352 g/mol. The molecule has 26 heavy (non-hydrogen) atoms. The smallest absolute Gasteiger partial charge is 0.235 e. The van der Waals surface area contributed by atoms with Gasteiger partial charge in [-0.1, -0.05) is 17.4 Å². The van der Waals surface area contributed by atoms with Crippen LogP contribution in [0, 0.1) is 0 Å². The summed E-state index contributed by atoms with van der Waals surface area (Å²) in [5, 5.41) is 13.9. The molecule has 0 saturated heterocycles. The van der Waals surface area contributed by atoms with Crippen molar-refractivity contribution in [2.45, 2.75) is 12.8 Å². The van der Waals surface area contributed by atoms with Crippen LogP contribution < -0.4 is 9.47 Å². The summed E-state index contributed by atoms with van der Waals surface area (Å²) < 4.78 is 12.4. The zero-order valence-corrected chi connectivity index (χ0v) is 15.1. The van der Waals surface area contributed by atoms with E-state index in [-0.39, 0.29) is 0 Å². The zero-order valence-electron chi connectivity index (χ0n) is 14.3. The Balaban J connectivity index is 1.54. The third kappa shape index (κ3) is 3.08. The van der Waals surface area contributed by atoms with E-state index in [0.717, 1.165) is 39.9 Å². The van der Waals surface area contributed by atoms with Gasteiger partial charge in [-0.3, -0.25) is 4.98 Å². The van der Waals surface area contributed by atoms with Crippen molar-refractivity contribution in [2.75, 3.05) is 14.2 Å². The van der Waals surface area contributed by atoms with Crippen LogP contribution in [0.1, 0.15) is 10.6 Å². The number of aryl methyl sites for hydroxylation is 2. The molecule has 0 atom stereocenters. The molecular formula is C17H16N6O2S. The molecule has 0 aliphatic heterocycles. The number of ether oxygens (including phenoxy) is 2. The fourth-order valence-electron chi connectivity index (χ4n) is 2.62. The van der Waals surface area contributed by atoms with Gasteiger partial charge in [0.2, 0.25) is 10.8 Å². The Labute approximate surface area is 153 Å². The van der Waals surface area contributed by atoms with E-state index in [4.69, 9.17) is 9.47 Å². The fourth-order valence-corrected chi connectivity index (χ4v) is 3.45. The average molecular weight is 368 g/mol. The molecule has 0 saturated carbocycles. The molecule has 3 heterocycles. The van der Waals surface area contributed by atoms with Crippen molar-refractivity contribution >= 4 is 16.3 Å². The maximum atomic E-state index is 5.36. The molecule has 9 heteroatoms. The first-order valence-corrected chi connectivity index (χ1v) is 8.78. The minimum Gasteiger partial charge on any atom is -0.493 e. The monoisotopic (exact) mass is 368 g/mol. The first-order valence-electron chi connectivity index (χ1n) is 7.97. The van der Waals surface area contributed by atoms with Crippen molar-refractivity contribution < 1.29 is 9.47 Å². The van der Waals surface area contributed by atoms with Gasteiger partial charge >= 0.3 is 0 Å². The van der Waals surface area contributed by atoms with E-state index in [0.29, 0.717) is 11.5 Å². The minimum atomic E-state index is 0.599. The number of fused-ring (bicyclic) bond motifs is 1. The molecule has 3 aromatic heterocycles. The number of hydrogen-bond acceptors (Lipinski definition) is 8. The molecule has 0 N–H and O–H groups in total. The number of aromatic nitrogens is 6. The molecule has 0 radical (unpaired) electrons. The Morgan fingerprint density at radius 1 is 1.04 bits per heavy atom. The van der Waals surface area contributed by atoms with E-state index >= 15 is 0 Å². The van der Waals surface area contributed by atoms with Gasteiger partial charge in [0.05, 0.1) is 20.4 Å². The maximum absolute atomic E-state index is 5.36. The predicted molar refractivity (Wildman–Crippen MR) is 96.6 cm³/mol. The molecule has 1 aromatic carbocycles. The Hall–Kier alpha value is -3.07. The van der Waals surface area contributed by atoms with Gasteiger partial charge in [-0.15, -0.1) is 10.2 Å². The molecule has 0 spiro atoms. The first-order chi connectivity index (χ1) is 12.8. The Bertz CT molecular complexity index is 1030. The molecule has 0 fully saturated rings. The molecule has 0 unspecified atom stereocenters. The van der Waals surface area contributed by atoms with Crippen LogP contribution in [0.2, 0.25) is 0 Å². The van der Waals surface area contributed by atoms with Crippen LogP contribution in [0.15, 0.2) is 36.8 Å². The first kappa shape index (κ1) is 16.4. The van der Waals surface area contributed by atoms with Gasteiger partial charge in [-0.2, -0.15) is 9.61 Å². The van der Waals surface area contributed by atoms with E-state index in [1.54, 1.807) is 37.3 Å². The van der Waals surface area contributed by atoms with Crippen LogP contribution in [0.5, 0.6) is 11.5 Å². The summed E-state index contributed by atoms with van der Waals surface area (Å²) >= 11 is 1.52. The predicted octanol–water partition coefficient (Wildman–Crippen LogP) is 2.45. The van der Waals surface area contributed by atoms with Gasteiger partial charge in [0, 0.05) is 18.8 Å². The highest BCUT2D eigenvalue weighted by Gasteiger charge is 2.14. The molecule has 132 valence electrons. The summed E-state index contributed by atoms with van der Waals surface area (Å²) in [6.45, 7) is 0. The van der Waals surface area contributed by atoms with Crippen LogP contribution >= 0.6 is 11.3 Å². The van der Waals surface area contributed by atoms with Gasteiger partial charge in [0.1, 0.15) is 10.7 Å². The van der Waals surface area contributed by atoms with Gasteiger partial charge in [-0.05, 0) is 24.1 Å². The lowest BCUT2D eigenvalue weighted by molar-refractivity contribution is 0.354. The number of nitrogens with zero attached hydrogens (tertiary/aromatic N) is 6. The number of rotatable bonds is 6. The zero-order chi connectivity index (χ0) is 17.9. The SMILES string of the molecule is COc1ccc(CCc2nn3c(-c4cnccn4)nnc3s2)cc1OC. The standard InChI is InChI=1S/C17H16N6O2S/c1-24-13-5-3-11(9-14(13)25-2)4-6-15-22-23-16(20-21-17(23)26-15)12-10-18-7-8-19-12/h3,5,7-10H,4,6H2,1-2H3. The van der Waals surface area contributed by atoms with Crippen LogP contribution in [0.25, 0.3) is 16.5 Å². The molecule has 0 bridgehead atoms. The van der Waals surface area contributed by atoms with E-state index in [1.165, 1.54) is 11.3 Å². The molecule has 4 aromatic rings. The second-order valence-corrected chi connectivity index (χ2v) is 6.53. The highest BCUT2D eigenvalue weighted by atomic mass is 32.1. The summed E-state index contributed by atoms with van der Waals surface area (Å²) in [6.07, 6.45) is 6.53. The van der Waals surface area contributed by atoms with E-state index in [9.17, 15) is 0 Å². The Kier molecular flexibility index (Phi) is 4.44. The minimum absolute atomic E-state index is 0.599. The van der Waals surface area contributed by atoms with E-state index in [2.05, 4.69) is 25.3 Å². The van der Waals surface area contributed by atoms with Crippen LogP contribution in [0.3, 0.4) is 0 Å². The van der Waals surface area contributed by atoms with Crippen molar-refractivity contribution in [1.29, 1.82) is 0 Å². The topological polar surface area (TPSA) is 87.3 Å². The summed E-state index contributed by atoms with van der Waals surface area (Å²) in [5.41, 5.74) is 1.81. The lowest BCUT2D eigenvalue weighted by Crippen LogP contribution is -1.97. The normalized spacial score (nSPS) is 11.0. The maximum Gasteiger partial charge on any atom is 0.235 e. The third-order valence-corrected chi connectivity index (χ3v) is 4.86. The second kappa shape index (κ2) is 7.04. The van der Waals surface area contributed by atoms with E-state index < -0.39 is 0 Å². The molecule has 8 nitrogen and oxygen atoms in total. The number of methoxy groups -OCH3 is 2. The lowest BCUT2D eigenvalue weighted by atomic mass is 10.1. The van der Waals surface area contributed by atoms with Crippen molar-refractivity contribution in [3.05, 3.63) is 47.4 Å². The highest BCUT2D eigenvalue weighted by Crippen LogP contribution is 2.28. The number of hydrogen-bond donors (Lipinski definition) is 0. The summed E-state index contributed by atoms with van der Waals surface area (Å²) in [7, 11) is 3.27. The van der Waals surface area contributed by atoms with Gasteiger partial charge < -0.3 is 9.47 Å². The molecule has 0 aliphatic carbocycles.